The van der Waals surface area contributed by atoms with Crippen LogP contribution in [0.25, 0.3) is 0 Å². The van der Waals surface area contributed by atoms with Crippen LogP contribution < -0.4 is 0 Å². The second-order valence-corrected chi connectivity index (χ2v) is 12.7. The van der Waals surface area contributed by atoms with Crippen molar-refractivity contribution in [3.05, 3.63) is 47.0 Å². The minimum atomic E-state index is -4.37. The number of benzene rings is 1. The lowest BCUT2D eigenvalue weighted by Crippen LogP contribution is -2.49. The van der Waals surface area contributed by atoms with E-state index in [1.54, 1.807) is 12.1 Å². The van der Waals surface area contributed by atoms with Crippen LogP contribution >= 0.6 is 0 Å². The van der Waals surface area contributed by atoms with Crippen LogP contribution in [0, 0.1) is 29.1 Å². The highest BCUT2D eigenvalue weighted by Crippen LogP contribution is 2.54. The van der Waals surface area contributed by atoms with E-state index in [2.05, 4.69) is 52.5 Å². The van der Waals surface area contributed by atoms with Crippen molar-refractivity contribution in [1.82, 2.24) is 4.90 Å². The highest BCUT2D eigenvalue weighted by Gasteiger charge is 2.47. The fourth-order valence-electron chi connectivity index (χ4n) is 7.51. The van der Waals surface area contributed by atoms with Crippen LogP contribution in [0.15, 0.2) is 35.9 Å². The molecule has 3 rings (SSSR count). The third-order valence-electron chi connectivity index (χ3n) is 8.63. The van der Waals surface area contributed by atoms with Gasteiger partial charge in [0.25, 0.3) is 0 Å². The molecule has 0 bridgehead atoms. The van der Waals surface area contributed by atoms with Crippen molar-refractivity contribution in [3.63, 3.8) is 0 Å². The van der Waals surface area contributed by atoms with E-state index in [-0.39, 0.29) is 29.7 Å². The number of halogens is 3. The molecule has 1 N–H and O–H groups in total. The average molecular weight is 522 g/mol. The zero-order chi connectivity index (χ0) is 27.5. The van der Waals surface area contributed by atoms with Gasteiger partial charge in [-0.15, -0.1) is 0 Å². The van der Waals surface area contributed by atoms with Gasteiger partial charge in [0.1, 0.15) is 0 Å². The summed E-state index contributed by atoms with van der Waals surface area (Å²) in [7, 11) is 0. The van der Waals surface area contributed by atoms with E-state index < -0.39 is 17.7 Å². The maximum Gasteiger partial charge on any atom is 0.416 e. The number of carboxylic acids is 1. The number of carboxylic acid groups (broad SMARTS) is 1. The zero-order valence-electron chi connectivity index (χ0n) is 23.4. The molecule has 2 fully saturated rings. The normalized spacial score (nSPS) is 28.4. The van der Waals surface area contributed by atoms with Gasteiger partial charge in [0, 0.05) is 25.6 Å². The first-order chi connectivity index (χ1) is 17.2. The van der Waals surface area contributed by atoms with E-state index in [0.29, 0.717) is 24.2 Å². The van der Waals surface area contributed by atoms with Gasteiger partial charge < -0.3 is 5.11 Å². The average Bonchev–Trinajstić information content (AvgIpc) is 2.77. The maximum absolute atomic E-state index is 13.3. The van der Waals surface area contributed by atoms with Gasteiger partial charge in [-0.3, -0.25) is 9.69 Å². The summed E-state index contributed by atoms with van der Waals surface area (Å²) in [6.45, 7) is 15.5. The van der Waals surface area contributed by atoms with E-state index in [9.17, 15) is 23.1 Å². The Labute approximate surface area is 221 Å². The quantitative estimate of drug-likeness (QED) is 0.314. The first-order valence-corrected chi connectivity index (χ1v) is 14.0. The van der Waals surface area contributed by atoms with E-state index >= 15 is 0 Å². The zero-order valence-corrected chi connectivity index (χ0v) is 23.4. The standard InChI is InChI=1S/C31H46F3NO2/c1-7-8-24(29-21(4)17-30(29,5)6)19-35(18-20(2)3)27-14-9-22(16-28(36)37)15-26(27)23-10-12-25(13-11-23)31(32,33)34/h8,10-13,20-22,26-27,29H,7,9,14-19H2,1-6H3,(H,36,37)/b24-8-/t21?,22-,26+,27-,29?/m1/s1. The summed E-state index contributed by atoms with van der Waals surface area (Å²) in [5, 5.41) is 9.45. The fraction of sp³-hybridized carbons (Fsp3) is 0.710. The number of alkyl halides is 3. The molecular formula is C31H46F3NO2. The third-order valence-corrected chi connectivity index (χ3v) is 8.63. The summed E-state index contributed by atoms with van der Waals surface area (Å²) in [6, 6.07) is 5.78. The molecule has 2 aliphatic carbocycles. The molecule has 37 heavy (non-hydrogen) atoms. The van der Waals surface area contributed by atoms with Crippen LogP contribution in [0.2, 0.25) is 0 Å². The summed E-state index contributed by atoms with van der Waals surface area (Å²) < 4.78 is 39.8. The summed E-state index contributed by atoms with van der Waals surface area (Å²) in [5.74, 6) is 0.871. The van der Waals surface area contributed by atoms with Crippen molar-refractivity contribution in [1.29, 1.82) is 0 Å². The first kappa shape index (κ1) is 29.7. The SMILES string of the molecule is CC/C=C(/CN(CC(C)C)[C@@H]1CC[C@@H](CC(=O)O)C[C@H]1c1ccc(C(F)(F)F)cc1)C1C(C)CC1(C)C. The summed E-state index contributed by atoms with van der Waals surface area (Å²) in [4.78, 5) is 14.1. The molecule has 0 spiro atoms. The second-order valence-electron chi connectivity index (χ2n) is 12.7. The number of carbonyl (C=O) groups is 1. The summed E-state index contributed by atoms with van der Waals surface area (Å²) in [5.41, 5.74) is 2.01. The summed E-state index contributed by atoms with van der Waals surface area (Å²) in [6.07, 6.45) is 2.73. The molecule has 2 saturated carbocycles. The largest absolute Gasteiger partial charge is 0.481 e. The molecular weight excluding hydrogens is 475 g/mol. The van der Waals surface area contributed by atoms with Crippen LogP contribution in [-0.4, -0.2) is 35.1 Å². The van der Waals surface area contributed by atoms with Crippen molar-refractivity contribution in [2.45, 2.75) is 98.2 Å². The number of hydrogen-bond donors (Lipinski definition) is 1. The van der Waals surface area contributed by atoms with Gasteiger partial charge in [0.2, 0.25) is 0 Å². The minimum absolute atomic E-state index is 0.00818. The topological polar surface area (TPSA) is 40.5 Å². The van der Waals surface area contributed by atoms with Gasteiger partial charge in [-0.05, 0) is 84.8 Å². The number of aliphatic carboxylic acids is 1. The lowest BCUT2D eigenvalue weighted by Gasteiger charge is -2.53. The molecule has 2 unspecified atom stereocenters. The molecule has 1 aromatic carbocycles. The van der Waals surface area contributed by atoms with Crippen molar-refractivity contribution >= 4 is 5.97 Å². The van der Waals surface area contributed by atoms with Gasteiger partial charge in [0.15, 0.2) is 0 Å². The lowest BCUT2D eigenvalue weighted by molar-refractivity contribution is -0.139. The van der Waals surface area contributed by atoms with Crippen molar-refractivity contribution in [2.75, 3.05) is 13.1 Å². The van der Waals surface area contributed by atoms with Crippen LogP contribution in [0.5, 0.6) is 0 Å². The molecule has 0 radical (unpaired) electrons. The fourth-order valence-corrected chi connectivity index (χ4v) is 7.51. The van der Waals surface area contributed by atoms with Gasteiger partial charge in [-0.1, -0.05) is 65.3 Å². The van der Waals surface area contributed by atoms with Gasteiger partial charge in [-0.2, -0.15) is 13.2 Å². The lowest BCUT2D eigenvalue weighted by atomic mass is 9.53. The Morgan fingerprint density at radius 3 is 2.32 bits per heavy atom. The van der Waals surface area contributed by atoms with E-state index in [1.165, 1.54) is 24.1 Å². The predicted octanol–water partition coefficient (Wildman–Crippen LogP) is 8.41. The molecule has 2 aliphatic rings. The molecule has 0 aromatic heterocycles. The Hall–Kier alpha value is -1.82. The Balaban J connectivity index is 1.95. The maximum atomic E-state index is 13.3. The molecule has 0 heterocycles. The smallest absolute Gasteiger partial charge is 0.416 e. The first-order valence-electron chi connectivity index (χ1n) is 14.0. The van der Waals surface area contributed by atoms with Crippen LogP contribution in [0.3, 0.4) is 0 Å². The summed E-state index contributed by atoms with van der Waals surface area (Å²) >= 11 is 0. The molecule has 0 saturated heterocycles. The number of allylic oxidation sites excluding steroid dienone is 1. The molecule has 6 heteroatoms. The van der Waals surface area contributed by atoms with Crippen molar-refractivity contribution in [3.8, 4) is 0 Å². The van der Waals surface area contributed by atoms with E-state index in [0.717, 1.165) is 37.9 Å². The molecule has 5 atom stereocenters. The third kappa shape index (κ3) is 7.40. The molecule has 0 amide bonds. The Kier molecular flexibility index (Phi) is 9.58. The van der Waals surface area contributed by atoms with E-state index in [4.69, 9.17) is 0 Å². The van der Waals surface area contributed by atoms with Crippen LogP contribution in [0.4, 0.5) is 13.2 Å². The van der Waals surface area contributed by atoms with Gasteiger partial charge >= 0.3 is 12.1 Å². The van der Waals surface area contributed by atoms with Crippen molar-refractivity contribution in [2.24, 2.45) is 29.1 Å². The Bertz CT molecular complexity index is 935. The highest BCUT2D eigenvalue weighted by atomic mass is 19.4. The number of nitrogens with zero attached hydrogens (tertiary/aromatic N) is 1. The Morgan fingerprint density at radius 2 is 1.84 bits per heavy atom. The van der Waals surface area contributed by atoms with Gasteiger partial charge in [0.05, 0.1) is 5.56 Å². The predicted molar refractivity (Wildman–Crippen MR) is 143 cm³/mol. The van der Waals surface area contributed by atoms with Crippen LogP contribution in [0.1, 0.15) is 97.1 Å². The molecule has 0 aliphatic heterocycles. The van der Waals surface area contributed by atoms with E-state index in [1.807, 2.05) is 0 Å². The molecule has 1 aromatic rings. The van der Waals surface area contributed by atoms with Crippen molar-refractivity contribution < 1.29 is 23.1 Å². The number of hydrogen-bond acceptors (Lipinski definition) is 2. The monoisotopic (exact) mass is 521 g/mol. The minimum Gasteiger partial charge on any atom is -0.481 e. The Morgan fingerprint density at radius 1 is 1.19 bits per heavy atom. The molecule has 208 valence electrons. The second kappa shape index (κ2) is 11.9. The van der Waals surface area contributed by atoms with Gasteiger partial charge in [-0.25, -0.2) is 0 Å². The molecule has 3 nitrogen and oxygen atoms in total. The van der Waals surface area contributed by atoms with Crippen LogP contribution in [-0.2, 0) is 11.0 Å². The number of rotatable bonds is 10. The highest BCUT2D eigenvalue weighted by molar-refractivity contribution is 5.67.